The SMILES string of the molecule is CCC1CN(Cc2ccc(I)cc2)C(C(C)CC)CN1. The minimum Gasteiger partial charge on any atom is -0.311 e. The summed E-state index contributed by atoms with van der Waals surface area (Å²) in [5.74, 6) is 0.754. The Morgan fingerprint density at radius 3 is 2.60 bits per heavy atom. The second-order valence-electron chi connectivity index (χ2n) is 6.02. The van der Waals surface area contributed by atoms with Gasteiger partial charge in [0.25, 0.3) is 0 Å². The van der Waals surface area contributed by atoms with Crippen LogP contribution in [0.5, 0.6) is 0 Å². The summed E-state index contributed by atoms with van der Waals surface area (Å²) in [5, 5.41) is 3.72. The molecule has 2 rings (SSSR count). The highest BCUT2D eigenvalue weighted by Gasteiger charge is 2.29. The lowest BCUT2D eigenvalue weighted by atomic mass is 9.93. The van der Waals surface area contributed by atoms with Crippen LogP contribution in [-0.4, -0.2) is 30.1 Å². The predicted molar refractivity (Wildman–Crippen MR) is 94.9 cm³/mol. The fourth-order valence-electron chi connectivity index (χ4n) is 3.01. The highest BCUT2D eigenvalue weighted by Crippen LogP contribution is 2.21. The summed E-state index contributed by atoms with van der Waals surface area (Å²) >= 11 is 2.37. The molecule has 3 heteroatoms. The predicted octanol–water partition coefficient (Wildman–Crippen LogP) is 3.89. The van der Waals surface area contributed by atoms with Gasteiger partial charge in [0.05, 0.1) is 0 Å². The lowest BCUT2D eigenvalue weighted by Crippen LogP contribution is -2.57. The molecule has 0 saturated carbocycles. The zero-order valence-corrected chi connectivity index (χ0v) is 15.1. The van der Waals surface area contributed by atoms with E-state index in [1.807, 2.05) is 0 Å². The molecule has 20 heavy (non-hydrogen) atoms. The fourth-order valence-corrected chi connectivity index (χ4v) is 3.37. The van der Waals surface area contributed by atoms with Crippen LogP contribution in [0.3, 0.4) is 0 Å². The normalized spacial score (nSPS) is 25.6. The zero-order chi connectivity index (χ0) is 14.5. The Bertz CT molecular complexity index is 404. The van der Waals surface area contributed by atoms with E-state index >= 15 is 0 Å². The third-order valence-electron chi connectivity index (χ3n) is 4.63. The number of hydrogen-bond donors (Lipinski definition) is 1. The topological polar surface area (TPSA) is 15.3 Å². The third kappa shape index (κ3) is 4.18. The van der Waals surface area contributed by atoms with Crippen LogP contribution in [-0.2, 0) is 6.54 Å². The molecule has 0 aromatic heterocycles. The van der Waals surface area contributed by atoms with E-state index in [-0.39, 0.29) is 0 Å². The first-order valence-corrected chi connectivity index (χ1v) is 8.93. The summed E-state index contributed by atoms with van der Waals surface area (Å²) in [5.41, 5.74) is 1.44. The Kier molecular flexibility index (Phi) is 6.30. The lowest BCUT2D eigenvalue weighted by Gasteiger charge is -2.43. The molecule has 2 nitrogen and oxygen atoms in total. The second kappa shape index (κ2) is 7.76. The van der Waals surface area contributed by atoms with Gasteiger partial charge in [0.1, 0.15) is 0 Å². The molecule has 0 bridgehead atoms. The van der Waals surface area contributed by atoms with Gasteiger partial charge in [-0.1, -0.05) is 39.3 Å². The molecule has 1 aromatic rings. The van der Waals surface area contributed by atoms with Gasteiger partial charge >= 0.3 is 0 Å². The zero-order valence-electron chi connectivity index (χ0n) is 12.9. The first-order chi connectivity index (χ1) is 9.63. The molecule has 1 aliphatic heterocycles. The van der Waals surface area contributed by atoms with Crippen LogP contribution in [0.1, 0.15) is 39.2 Å². The second-order valence-corrected chi connectivity index (χ2v) is 7.27. The van der Waals surface area contributed by atoms with E-state index in [1.165, 1.54) is 28.5 Å². The van der Waals surface area contributed by atoms with E-state index in [1.54, 1.807) is 0 Å². The number of piperazine rings is 1. The number of rotatable bonds is 5. The van der Waals surface area contributed by atoms with E-state index in [2.05, 4.69) is 77.8 Å². The number of benzene rings is 1. The maximum absolute atomic E-state index is 3.72. The van der Waals surface area contributed by atoms with Crippen molar-refractivity contribution in [3.05, 3.63) is 33.4 Å². The van der Waals surface area contributed by atoms with Gasteiger partial charge in [0.15, 0.2) is 0 Å². The van der Waals surface area contributed by atoms with Gasteiger partial charge in [0, 0.05) is 35.3 Å². The molecule has 1 aliphatic rings. The van der Waals surface area contributed by atoms with E-state index in [0.717, 1.165) is 19.0 Å². The molecule has 0 aliphatic carbocycles. The third-order valence-corrected chi connectivity index (χ3v) is 5.35. The molecular weight excluding hydrogens is 359 g/mol. The quantitative estimate of drug-likeness (QED) is 0.773. The first-order valence-electron chi connectivity index (χ1n) is 7.85. The van der Waals surface area contributed by atoms with Crippen LogP contribution in [0.4, 0.5) is 0 Å². The molecule has 0 spiro atoms. The van der Waals surface area contributed by atoms with E-state index < -0.39 is 0 Å². The monoisotopic (exact) mass is 386 g/mol. The Morgan fingerprint density at radius 2 is 2.00 bits per heavy atom. The summed E-state index contributed by atoms with van der Waals surface area (Å²) in [7, 11) is 0. The molecule has 0 radical (unpaired) electrons. The Labute approximate surface area is 137 Å². The standard InChI is InChI=1S/C17H27IN2/c1-4-13(3)17-10-19-16(5-2)12-20(17)11-14-6-8-15(18)9-7-14/h6-9,13,16-17,19H,4-5,10-12H2,1-3H3. The van der Waals surface area contributed by atoms with Crippen molar-refractivity contribution in [3.63, 3.8) is 0 Å². The number of hydrogen-bond acceptors (Lipinski definition) is 2. The van der Waals surface area contributed by atoms with Crippen molar-refractivity contribution in [2.75, 3.05) is 13.1 Å². The van der Waals surface area contributed by atoms with Crippen molar-refractivity contribution >= 4 is 22.6 Å². The minimum atomic E-state index is 0.652. The van der Waals surface area contributed by atoms with E-state index in [9.17, 15) is 0 Å². The molecular formula is C17H27IN2. The van der Waals surface area contributed by atoms with Crippen molar-refractivity contribution < 1.29 is 0 Å². The fraction of sp³-hybridized carbons (Fsp3) is 0.647. The van der Waals surface area contributed by atoms with Gasteiger partial charge in [-0.25, -0.2) is 0 Å². The van der Waals surface area contributed by atoms with Gasteiger partial charge in [-0.2, -0.15) is 0 Å². The first kappa shape index (κ1) is 16.2. The maximum atomic E-state index is 3.72. The van der Waals surface area contributed by atoms with Crippen molar-refractivity contribution in [1.29, 1.82) is 0 Å². The summed E-state index contributed by atoms with van der Waals surface area (Å²) in [6.07, 6.45) is 2.47. The average Bonchev–Trinajstić information content (AvgIpc) is 2.48. The van der Waals surface area contributed by atoms with Gasteiger partial charge < -0.3 is 5.32 Å². The summed E-state index contributed by atoms with van der Waals surface area (Å²) in [4.78, 5) is 2.70. The highest BCUT2D eigenvalue weighted by molar-refractivity contribution is 14.1. The Balaban J connectivity index is 2.08. The van der Waals surface area contributed by atoms with Crippen LogP contribution in [0.2, 0.25) is 0 Å². The minimum absolute atomic E-state index is 0.652. The Morgan fingerprint density at radius 1 is 1.30 bits per heavy atom. The van der Waals surface area contributed by atoms with E-state index in [4.69, 9.17) is 0 Å². The maximum Gasteiger partial charge on any atom is 0.0250 e. The highest BCUT2D eigenvalue weighted by atomic mass is 127. The molecule has 1 fully saturated rings. The van der Waals surface area contributed by atoms with Crippen molar-refractivity contribution in [1.82, 2.24) is 10.2 Å². The van der Waals surface area contributed by atoms with Crippen molar-refractivity contribution in [2.24, 2.45) is 5.92 Å². The van der Waals surface area contributed by atoms with Crippen molar-refractivity contribution in [2.45, 2.75) is 52.2 Å². The number of halogens is 1. The van der Waals surface area contributed by atoms with Crippen LogP contribution in [0, 0.1) is 9.49 Å². The summed E-state index contributed by atoms with van der Waals surface area (Å²) in [6.45, 7) is 10.4. The van der Waals surface area contributed by atoms with Gasteiger partial charge in [-0.05, 0) is 52.6 Å². The number of nitrogens with one attached hydrogen (secondary N) is 1. The largest absolute Gasteiger partial charge is 0.311 e. The molecule has 3 atom stereocenters. The molecule has 112 valence electrons. The average molecular weight is 386 g/mol. The van der Waals surface area contributed by atoms with Crippen LogP contribution in [0.25, 0.3) is 0 Å². The van der Waals surface area contributed by atoms with Gasteiger partial charge in [0.2, 0.25) is 0 Å². The van der Waals surface area contributed by atoms with Gasteiger partial charge in [-0.3, -0.25) is 4.90 Å². The Hall–Kier alpha value is -0.130. The van der Waals surface area contributed by atoms with Crippen molar-refractivity contribution in [3.8, 4) is 0 Å². The molecule has 0 amide bonds. The summed E-state index contributed by atoms with van der Waals surface area (Å²) < 4.78 is 1.32. The molecule has 1 N–H and O–H groups in total. The molecule has 1 saturated heterocycles. The van der Waals surface area contributed by atoms with Crippen LogP contribution in [0.15, 0.2) is 24.3 Å². The number of nitrogens with zero attached hydrogens (tertiary/aromatic N) is 1. The van der Waals surface area contributed by atoms with Crippen LogP contribution < -0.4 is 5.32 Å². The van der Waals surface area contributed by atoms with Crippen LogP contribution >= 0.6 is 22.6 Å². The molecule has 1 heterocycles. The van der Waals surface area contributed by atoms with Gasteiger partial charge in [-0.15, -0.1) is 0 Å². The molecule has 3 unspecified atom stereocenters. The lowest BCUT2D eigenvalue weighted by molar-refractivity contribution is 0.0833. The molecule has 1 aromatic carbocycles. The smallest absolute Gasteiger partial charge is 0.0250 e. The summed E-state index contributed by atoms with van der Waals surface area (Å²) in [6, 6.07) is 10.3. The van der Waals surface area contributed by atoms with E-state index in [0.29, 0.717) is 12.1 Å².